The van der Waals surface area contributed by atoms with Gasteiger partial charge >= 0.3 is 0 Å². The Hall–Kier alpha value is -2.92. The number of amides is 2. The lowest BCUT2D eigenvalue weighted by molar-refractivity contribution is -0.133. The summed E-state index contributed by atoms with van der Waals surface area (Å²) in [6.45, 7) is 1.12. The summed E-state index contributed by atoms with van der Waals surface area (Å²) in [6, 6.07) is 21.9. The fourth-order valence-electron chi connectivity index (χ4n) is 4.36. The van der Waals surface area contributed by atoms with Crippen molar-refractivity contribution in [2.75, 3.05) is 20.1 Å². The molecule has 1 aliphatic heterocycles. The largest absolute Gasteiger partial charge is 0.359 e. The molecule has 0 unspecified atom stereocenters. The molecule has 0 spiro atoms. The lowest BCUT2D eigenvalue weighted by Crippen LogP contribution is -2.54. The topological polar surface area (TPSA) is 49.4 Å². The van der Waals surface area contributed by atoms with E-state index >= 15 is 0 Å². The fraction of sp³-hybridized carbons (Fsp3) is 0.280. The first-order valence-corrected chi connectivity index (χ1v) is 11.2. The number of piperidine rings is 1. The van der Waals surface area contributed by atoms with Crippen molar-refractivity contribution < 1.29 is 9.59 Å². The summed E-state index contributed by atoms with van der Waals surface area (Å²) in [5.41, 5.74) is 2.37. The van der Waals surface area contributed by atoms with Gasteiger partial charge < -0.3 is 10.2 Å². The van der Waals surface area contributed by atoms with Gasteiger partial charge in [0.05, 0.1) is 5.41 Å². The number of thiophene rings is 1. The zero-order valence-corrected chi connectivity index (χ0v) is 18.0. The highest BCUT2D eigenvalue weighted by molar-refractivity contribution is 7.13. The fourth-order valence-corrected chi connectivity index (χ4v) is 5.10. The Bertz CT molecular complexity index is 999. The van der Waals surface area contributed by atoms with E-state index in [9.17, 15) is 9.59 Å². The van der Waals surface area contributed by atoms with E-state index in [1.165, 1.54) is 10.4 Å². The van der Waals surface area contributed by atoms with Gasteiger partial charge in [-0.3, -0.25) is 9.59 Å². The maximum atomic E-state index is 13.0. The van der Waals surface area contributed by atoms with Crippen LogP contribution in [0.4, 0.5) is 0 Å². The van der Waals surface area contributed by atoms with Crippen LogP contribution in [0, 0.1) is 5.41 Å². The summed E-state index contributed by atoms with van der Waals surface area (Å²) in [6.07, 6.45) is 2.22. The Morgan fingerprint density at radius 1 is 1.03 bits per heavy atom. The van der Waals surface area contributed by atoms with E-state index in [0.717, 1.165) is 18.4 Å². The standard InChI is InChI=1S/C25H26N2O2S/c1-26-24(29)25(17-19-10-12-20(13-11-19)22-9-5-16-30-22)14-6-15-27(18-25)23(28)21-7-3-2-4-8-21/h2-5,7-13,16H,6,14-15,17-18H2,1H3,(H,26,29)/t25-/m1/s1. The van der Waals surface area contributed by atoms with Gasteiger partial charge in [-0.05, 0) is 54.0 Å². The van der Waals surface area contributed by atoms with E-state index in [0.29, 0.717) is 25.1 Å². The minimum Gasteiger partial charge on any atom is -0.359 e. The van der Waals surface area contributed by atoms with Crippen LogP contribution in [-0.2, 0) is 11.2 Å². The lowest BCUT2D eigenvalue weighted by atomic mass is 9.74. The van der Waals surface area contributed by atoms with Crippen molar-refractivity contribution in [3.63, 3.8) is 0 Å². The number of carbonyl (C=O) groups is 2. The molecule has 1 fully saturated rings. The van der Waals surface area contributed by atoms with Gasteiger partial charge in [-0.2, -0.15) is 0 Å². The molecule has 1 aromatic heterocycles. The molecule has 30 heavy (non-hydrogen) atoms. The molecule has 2 heterocycles. The third kappa shape index (κ3) is 4.17. The Balaban J connectivity index is 1.56. The van der Waals surface area contributed by atoms with Gasteiger partial charge in [0.2, 0.25) is 5.91 Å². The SMILES string of the molecule is CNC(=O)[C@@]1(Cc2ccc(-c3cccs3)cc2)CCCN(C(=O)c2ccccc2)C1. The van der Waals surface area contributed by atoms with E-state index < -0.39 is 5.41 Å². The summed E-state index contributed by atoms with van der Waals surface area (Å²) < 4.78 is 0. The highest BCUT2D eigenvalue weighted by Crippen LogP contribution is 2.35. The first-order valence-electron chi connectivity index (χ1n) is 10.3. The van der Waals surface area contributed by atoms with Crippen molar-refractivity contribution in [2.24, 2.45) is 5.41 Å². The number of likely N-dealkylation sites (tertiary alicyclic amines) is 1. The predicted molar refractivity (Wildman–Crippen MR) is 122 cm³/mol. The van der Waals surface area contributed by atoms with E-state index in [1.807, 2.05) is 35.2 Å². The van der Waals surface area contributed by atoms with Crippen molar-refractivity contribution in [1.82, 2.24) is 10.2 Å². The Morgan fingerprint density at radius 2 is 1.80 bits per heavy atom. The molecule has 0 radical (unpaired) electrons. The predicted octanol–water partition coefficient (Wildman–Crippen LogP) is 4.63. The van der Waals surface area contributed by atoms with Gasteiger partial charge in [-0.1, -0.05) is 48.5 Å². The highest BCUT2D eigenvalue weighted by Gasteiger charge is 2.43. The summed E-state index contributed by atoms with van der Waals surface area (Å²) in [4.78, 5) is 29.1. The van der Waals surface area contributed by atoms with Crippen LogP contribution in [0.15, 0.2) is 72.1 Å². The second-order valence-corrected chi connectivity index (χ2v) is 8.85. The molecule has 2 amide bonds. The van der Waals surface area contributed by atoms with Crippen molar-refractivity contribution >= 4 is 23.2 Å². The molecule has 1 aliphatic rings. The van der Waals surface area contributed by atoms with Crippen LogP contribution in [0.25, 0.3) is 10.4 Å². The molecule has 4 nitrogen and oxygen atoms in total. The van der Waals surface area contributed by atoms with E-state index in [-0.39, 0.29) is 11.8 Å². The molecular weight excluding hydrogens is 392 g/mol. The Morgan fingerprint density at radius 3 is 2.47 bits per heavy atom. The molecule has 0 saturated carbocycles. The third-order valence-corrected chi connectivity index (χ3v) is 6.81. The molecule has 5 heteroatoms. The number of nitrogens with one attached hydrogen (secondary N) is 1. The Kier molecular flexibility index (Phi) is 6.00. The minimum atomic E-state index is -0.609. The summed E-state index contributed by atoms with van der Waals surface area (Å²) in [5.74, 6) is 0.00650. The molecule has 0 aliphatic carbocycles. The quantitative estimate of drug-likeness (QED) is 0.657. The first-order chi connectivity index (χ1) is 14.6. The third-order valence-electron chi connectivity index (χ3n) is 5.90. The number of carbonyl (C=O) groups excluding carboxylic acids is 2. The van der Waals surface area contributed by atoms with Gasteiger partial charge in [0.1, 0.15) is 0 Å². The van der Waals surface area contributed by atoms with Crippen LogP contribution in [0.2, 0.25) is 0 Å². The van der Waals surface area contributed by atoms with Crippen LogP contribution >= 0.6 is 11.3 Å². The molecule has 3 aromatic rings. The monoisotopic (exact) mass is 418 g/mol. The maximum Gasteiger partial charge on any atom is 0.253 e. The molecule has 0 bridgehead atoms. The Labute approximate surface area is 181 Å². The minimum absolute atomic E-state index is 0.00313. The normalized spacial score (nSPS) is 18.8. The second-order valence-electron chi connectivity index (χ2n) is 7.91. The van der Waals surface area contributed by atoms with E-state index in [1.54, 1.807) is 18.4 Å². The molecule has 1 saturated heterocycles. The molecule has 1 N–H and O–H groups in total. The van der Waals surface area contributed by atoms with Crippen molar-refractivity contribution in [3.05, 3.63) is 83.2 Å². The van der Waals surface area contributed by atoms with Gasteiger partial charge in [0, 0.05) is 30.6 Å². The lowest BCUT2D eigenvalue weighted by Gasteiger charge is -2.41. The number of hydrogen-bond acceptors (Lipinski definition) is 3. The van der Waals surface area contributed by atoms with Crippen LogP contribution in [0.1, 0.15) is 28.8 Å². The van der Waals surface area contributed by atoms with Crippen LogP contribution < -0.4 is 5.32 Å². The summed E-state index contributed by atoms with van der Waals surface area (Å²) >= 11 is 1.72. The van der Waals surface area contributed by atoms with E-state index in [2.05, 4.69) is 47.1 Å². The zero-order valence-electron chi connectivity index (χ0n) is 17.1. The van der Waals surface area contributed by atoms with Crippen molar-refractivity contribution in [2.45, 2.75) is 19.3 Å². The number of rotatable bonds is 5. The van der Waals surface area contributed by atoms with Gasteiger partial charge in [-0.25, -0.2) is 0 Å². The van der Waals surface area contributed by atoms with Crippen molar-refractivity contribution in [1.29, 1.82) is 0 Å². The van der Waals surface area contributed by atoms with Crippen molar-refractivity contribution in [3.8, 4) is 10.4 Å². The smallest absolute Gasteiger partial charge is 0.253 e. The van der Waals surface area contributed by atoms with Crippen LogP contribution in [-0.4, -0.2) is 36.9 Å². The zero-order chi connectivity index (χ0) is 21.0. The molecular formula is C25H26N2O2S. The first kappa shape index (κ1) is 20.4. The van der Waals surface area contributed by atoms with Crippen LogP contribution in [0.5, 0.6) is 0 Å². The molecule has 154 valence electrons. The average molecular weight is 419 g/mol. The average Bonchev–Trinajstić information content (AvgIpc) is 3.34. The number of benzene rings is 2. The molecule has 4 rings (SSSR count). The van der Waals surface area contributed by atoms with Gasteiger partial charge in [0.25, 0.3) is 5.91 Å². The maximum absolute atomic E-state index is 13.0. The highest BCUT2D eigenvalue weighted by atomic mass is 32.1. The molecule has 2 aromatic carbocycles. The van der Waals surface area contributed by atoms with E-state index in [4.69, 9.17) is 0 Å². The number of hydrogen-bond donors (Lipinski definition) is 1. The van der Waals surface area contributed by atoms with Crippen LogP contribution in [0.3, 0.4) is 0 Å². The summed E-state index contributed by atoms with van der Waals surface area (Å²) in [7, 11) is 1.68. The number of nitrogens with zero attached hydrogens (tertiary/aromatic N) is 1. The molecule has 1 atom stereocenters. The van der Waals surface area contributed by atoms with Gasteiger partial charge in [0.15, 0.2) is 0 Å². The summed E-state index contributed by atoms with van der Waals surface area (Å²) in [5, 5.41) is 4.93. The van der Waals surface area contributed by atoms with Gasteiger partial charge in [-0.15, -0.1) is 11.3 Å². The second kappa shape index (κ2) is 8.84.